The Morgan fingerprint density at radius 2 is 1.95 bits per heavy atom. The van der Waals surface area contributed by atoms with Crippen molar-refractivity contribution in [2.45, 2.75) is 69.6 Å². The van der Waals surface area contributed by atoms with E-state index in [-0.39, 0.29) is 10.6 Å². The summed E-state index contributed by atoms with van der Waals surface area (Å²) in [4.78, 5) is 4.11. The third-order valence-electron chi connectivity index (χ3n) is 3.88. The van der Waals surface area contributed by atoms with Crippen LogP contribution in [-0.2, 0) is 16.6 Å². The monoisotopic (exact) mass is 311 g/mol. The van der Waals surface area contributed by atoms with Crippen molar-refractivity contribution in [2.24, 2.45) is 0 Å². The lowest BCUT2D eigenvalue weighted by Gasteiger charge is -2.24. The molecule has 1 aromatic rings. The number of rotatable bonds is 6. The minimum absolute atomic E-state index is 0.101. The van der Waals surface area contributed by atoms with Gasteiger partial charge in [-0.3, -0.25) is 0 Å². The molecule has 0 unspecified atom stereocenters. The van der Waals surface area contributed by atoms with E-state index < -0.39 is 10.0 Å². The lowest BCUT2D eigenvalue weighted by molar-refractivity contribution is 0.426. The van der Waals surface area contributed by atoms with Crippen LogP contribution in [0.3, 0.4) is 0 Å². The molecule has 1 saturated carbocycles. The molecule has 0 radical (unpaired) electrons. The van der Waals surface area contributed by atoms with Crippen molar-refractivity contribution in [1.82, 2.24) is 15.0 Å². The first kappa shape index (κ1) is 16.4. The molecule has 0 aliphatic heterocycles. The fraction of sp³-hybridized carbons (Fsp3) is 0.667. The minimum atomic E-state index is -3.53. The number of nitrogens with zero attached hydrogens (tertiary/aromatic N) is 1. The van der Waals surface area contributed by atoms with E-state index in [1.807, 2.05) is 13.0 Å². The molecule has 118 valence electrons. The molecular formula is C15H25N3O2S. The minimum Gasteiger partial charge on any atom is -0.310 e. The average Bonchev–Trinajstić information content (AvgIpc) is 2.82. The van der Waals surface area contributed by atoms with Crippen LogP contribution in [0.1, 0.15) is 52.0 Å². The summed E-state index contributed by atoms with van der Waals surface area (Å²) in [6.07, 6.45) is 5.56. The second-order valence-electron chi connectivity index (χ2n) is 6.41. The molecule has 1 fully saturated rings. The van der Waals surface area contributed by atoms with Crippen LogP contribution in [-0.4, -0.2) is 25.0 Å². The van der Waals surface area contributed by atoms with E-state index in [2.05, 4.69) is 28.9 Å². The highest BCUT2D eigenvalue weighted by Gasteiger charge is 2.33. The number of hydrogen-bond donors (Lipinski definition) is 2. The average molecular weight is 311 g/mol. The van der Waals surface area contributed by atoms with E-state index in [0.717, 1.165) is 31.2 Å². The summed E-state index contributed by atoms with van der Waals surface area (Å²) in [5.74, 6) is 0. The van der Waals surface area contributed by atoms with E-state index in [1.54, 1.807) is 12.3 Å². The Bertz CT molecular complexity index is 561. The normalized spacial score (nSPS) is 18.3. The maximum absolute atomic E-state index is 12.4. The molecule has 0 bridgehead atoms. The van der Waals surface area contributed by atoms with E-state index in [4.69, 9.17) is 0 Å². The zero-order chi connectivity index (χ0) is 15.5. The predicted molar refractivity (Wildman–Crippen MR) is 83.4 cm³/mol. The summed E-state index contributed by atoms with van der Waals surface area (Å²) >= 11 is 0. The van der Waals surface area contributed by atoms with Crippen LogP contribution in [0.15, 0.2) is 23.4 Å². The summed E-state index contributed by atoms with van der Waals surface area (Å²) in [6, 6.07) is 3.78. The molecule has 0 aromatic carbocycles. The zero-order valence-electron chi connectivity index (χ0n) is 13.0. The molecule has 0 amide bonds. The molecule has 1 aliphatic rings. The molecule has 2 rings (SSSR count). The summed E-state index contributed by atoms with van der Waals surface area (Å²) in [7, 11) is -3.53. The lowest BCUT2D eigenvalue weighted by atomic mass is 10.0. The standard InChI is InChI=1S/C15H25N3O2S/c1-12(2)16-10-13-6-7-14(17-11-13)21(19,20)18-15(3)8-4-5-9-15/h6-7,11-12,16,18H,4-5,8-10H2,1-3H3. The van der Waals surface area contributed by atoms with Gasteiger partial charge in [0.05, 0.1) is 0 Å². The van der Waals surface area contributed by atoms with E-state index in [1.165, 1.54) is 0 Å². The largest absolute Gasteiger partial charge is 0.310 e. The van der Waals surface area contributed by atoms with Crippen LogP contribution in [0.4, 0.5) is 0 Å². The van der Waals surface area contributed by atoms with Crippen LogP contribution in [0, 0.1) is 0 Å². The fourth-order valence-corrected chi connectivity index (χ4v) is 4.03. The van der Waals surface area contributed by atoms with Gasteiger partial charge in [-0.1, -0.05) is 32.8 Å². The Morgan fingerprint density at radius 1 is 1.29 bits per heavy atom. The van der Waals surface area contributed by atoms with Gasteiger partial charge in [0.25, 0.3) is 10.0 Å². The van der Waals surface area contributed by atoms with Crippen LogP contribution in [0.25, 0.3) is 0 Å². The number of aromatic nitrogens is 1. The van der Waals surface area contributed by atoms with Gasteiger partial charge in [0.1, 0.15) is 0 Å². The predicted octanol–water partition coefficient (Wildman–Crippen LogP) is 2.19. The molecule has 1 aromatic heterocycles. The van der Waals surface area contributed by atoms with Crippen molar-refractivity contribution in [1.29, 1.82) is 0 Å². The van der Waals surface area contributed by atoms with Crippen molar-refractivity contribution < 1.29 is 8.42 Å². The van der Waals surface area contributed by atoms with Gasteiger partial charge in [0.2, 0.25) is 0 Å². The SMILES string of the molecule is CC(C)NCc1ccc(S(=O)(=O)NC2(C)CCCC2)nc1. The molecule has 0 atom stereocenters. The Morgan fingerprint density at radius 3 is 2.48 bits per heavy atom. The second kappa shape index (κ2) is 6.42. The zero-order valence-corrected chi connectivity index (χ0v) is 13.8. The first-order valence-electron chi connectivity index (χ1n) is 7.53. The van der Waals surface area contributed by atoms with Gasteiger partial charge >= 0.3 is 0 Å². The number of sulfonamides is 1. The maximum Gasteiger partial charge on any atom is 0.258 e. The number of hydrogen-bond acceptors (Lipinski definition) is 4. The summed E-state index contributed by atoms with van der Waals surface area (Å²) in [5, 5.41) is 3.38. The van der Waals surface area contributed by atoms with Crippen LogP contribution < -0.4 is 10.0 Å². The summed E-state index contributed by atoms with van der Waals surface area (Å²) in [6.45, 7) is 6.80. The van der Waals surface area contributed by atoms with Crippen molar-refractivity contribution in [2.75, 3.05) is 0 Å². The van der Waals surface area contributed by atoms with E-state index in [0.29, 0.717) is 12.6 Å². The molecule has 2 N–H and O–H groups in total. The molecule has 0 saturated heterocycles. The Balaban J connectivity index is 2.06. The van der Waals surface area contributed by atoms with Crippen molar-refractivity contribution >= 4 is 10.0 Å². The van der Waals surface area contributed by atoms with Crippen molar-refractivity contribution in [3.05, 3.63) is 23.9 Å². The van der Waals surface area contributed by atoms with Gasteiger partial charge < -0.3 is 5.32 Å². The third kappa shape index (κ3) is 4.49. The Labute approximate surface area is 127 Å². The second-order valence-corrected chi connectivity index (χ2v) is 8.04. The topological polar surface area (TPSA) is 71.1 Å². The van der Waals surface area contributed by atoms with Gasteiger partial charge in [0, 0.05) is 24.3 Å². The van der Waals surface area contributed by atoms with Crippen LogP contribution in [0.2, 0.25) is 0 Å². The van der Waals surface area contributed by atoms with Gasteiger partial charge in [-0.05, 0) is 31.4 Å². The van der Waals surface area contributed by atoms with Crippen LogP contribution in [0.5, 0.6) is 0 Å². The molecule has 1 aliphatic carbocycles. The molecule has 6 heteroatoms. The highest BCUT2D eigenvalue weighted by Crippen LogP contribution is 2.30. The molecular weight excluding hydrogens is 286 g/mol. The van der Waals surface area contributed by atoms with Gasteiger partial charge in [-0.25, -0.2) is 18.1 Å². The number of nitrogens with one attached hydrogen (secondary N) is 2. The molecule has 5 nitrogen and oxygen atoms in total. The highest BCUT2D eigenvalue weighted by atomic mass is 32.2. The fourth-order valence-electron chi connectivity index (χ4n) is 2.63. The first-order chi connectivity index (χ1) is 9.81. The number of pyridine rings is 1. The highest BCUT2D eigenvalue weighted by molar-refractivity contribution is 7.89. The maximum atomic E-state index is 12.4. The first-order valence-corrected chi connectivity index (χ1v) is 9.01. The van der Waals surface area contributed by atoms with Gasteiger partial charge in [-0.2, -0.15) is 0 Å². The third-order valence-corrected chi connectivity index (χ3v) is 5.43. The van der Waals surface area contributed by atoms with Crippen molar-refractivity contribution in [3.8, 4) is 0 Å². The molecule has 1 heterocycles. The van der Waals surface area contributed by atoms with E-state index >= 15 is 0 Å². The van der Waals surface area contributed by atoms with Crippen LogP contribution >= 0.6 is 0 Å². The van der Waals surface area contributed by atoms with Crippen molar-refractivity contribution in [3.63, 3.8) is 0 Å². The Kier molecular flexibility index (Phi) is 5.01. The quantitative estimate of drug-likeness (QED) is 0.845. The van der Waals surface area contributed by atoms with E-state index in [9.17, 15) is 8.42 Å². The summed E-state index contributed by atoms with van der Waals surface area (Å²) < 4.78 is 27.6. The van der Waals surface area contributed by atoms with Gasteiger partial charge in [0.15, 0.2) is 5.03 Å². The smallest absolute Gasteiger partial charge is 0.258 e. The molecule has 0 spiro atoms. The summed E-state index contributed by atoms with van der Waals surface area (Å²) in [5.41, 5.74) is 0.660. The Hall–Kier alpha value is -0.980. The molecule has 21 heavy (non-hydrogen) atoms. The van der Waals surface area contributed by atoms with Gasteiger partial charge in [-0.15, -0.1) is 0 Å². The lowest BCUT2D eigenvalue weighted by Crippen LogP contribution is -2.43.